The molecule has 516 valence electrons. The van der Waals surface area contributed by atoms with Crippen molar-refractivity contribution in [1.82, 2.24) is 58.7 Å². The van der Waals surface area contributed by atoms with Crippen molar-refractivity contribution in [3.05, 3.63) is 189 Å². The molecule has 24 nitrogen and oxygen atoms in total. The van der Waals surface area contributed by atoms with Gasteiger partial charge in [-0.25, -0.2) is 20.0 Å². The van der Waals surface area contributed by atoms with Crippen molar-refractivity contribution < 1.29 is 19.2 Å². The number of anilines is 4. The average molecular weight is 1350 g/mol. The molecule has 8 aromatic rings. The summed E-state index contributed by atoms with van der Waals surface area (Å²) in [6.45, 7) is 10.8. The van der Waals surface area contributed by atoms with Gasteiger partial charge in [-0.3, -0.25) is 77.1 Å². The zero-order valence-electron chi connectivity index (χ0n) is 59.3. The third-order valence-electron chi connectivity index (χ3n) is 21.4. The summed E-state index contributed by atoms with van der Waals surface area (Å²) in [6.07, 6.45) is 10.8. The molecule has 2 fully saturated rings. The number of benzene rings is 4. The SMILES string of the molecule is CC(C)[C@@H]1CN2C(=N1)N(C)C(=O)c1c2nn(C)c1Cc1ccccc1.CN1C(=O)c2c(nn(C)c2Cc2ccccc2)N2C1=N[C@@H]1CCC[C@@H]12.CN1C(=O)c2c(nn(C)c2Cc2ccccc2)N2CC(C)(C)N=C12.CN1C(=O)c2c(nn(C)c2Cc2ccccc2)N2CC3(CCCC3)N=C12. The number of aromatic nitrogens is 8. The Morgan fingerprint density at radius 3 is 1.22 bits per heavy atom. The summed E-state index contributed by atoms with van der Waals surface area (Å²) in [7, 11) is 14.9. The van der Waals surface area contributed by atoms with Gasteiger partial charge >= 0.3 is 0 Å². The molecule has 24 heteroatoms. The molecule has 4 aromatic carbocycles. The molecule has 1 spiro atoms. The van der Waals surface area contributed by atoms with E-state index >= 15 is 0 Å². The number of rotatable bonds is 9. The van der Waals surface area contributed by atoms with Gasteiger partial charge < -0.3 is 0 Å². The molecule has 0 unspecified atom stereocenters. The van der Waals surface area contributed by atoms with Crippen LogP contribution < -0.4 is 19.6 Å². The smallest absolute Gasteiger partial charge is 0.266 e. The van der Waals surface area contributed by atoms with Gasteiger partial charge in [0.2, 0.25) is 23.8 Å². The predicted octanol–water partition coefficient (Wildman–Crippen LogP) is 9.13. The molecule has 0 saturated heterocycles. The number of carbonyl (C=O) groups excluding carboxylic acids is 4. The Morgan fingerprint density at radius 1 is 0.420 bits per heavy atom. The lowest BCUT2D eigenvalue weighted by molar-refractivity contribution is 0.0856. The highest BCUT2D eigenvalue weighted by Crippen LogP contribution is 2.45. The second-order valence-corrected chi connectivity index (χ2v) is 29.1. The lowest BCUT2D eigenvalue weighted by Crippen LogP contribution is -2.51. The second-order valence-electron chi connectivity index (χ2n) is 29.1. The molecule has 2 aliphatic carbocycles. The van der Waals surface area contributed by atoms with Crippen LogP contribution in [0.3, 0.4) is 0 Å². The van der Waals surface area contributed by atoms with E-state index in [0.29, 0.717) is 60.8 Å². The molecule has 3 atom stereocenters. The Bertz CT molecular complexity index is 4670. The van der Waals surface area contributed by atoms with Gasteiger partial charge in [0.1, 0.15) is 22.3 Å². The number of hydrogen-bond donors (Lipinski definition) is 0. The Balaban J connectivity index is 0.000000108. The fourth-order valence-corrected chi connectivity index (χ4v) is 16.0. The Hall–Kier alpha value is -10.5. The number of amides is 4. The highest BCUT2D eigenvalue weighted by Gasteiger charge is 2.52. The van der Waals surface area contributed by atoms with E-state index in [4.69, 9.17) is 30.2 Å². The largest absolute Gasteiger partial charge is 0.292 e. The van der Waals surface area contributed by atoms with Gasteiger partial charge in [0, 0.05) is 82.1 Å². The number of aryl methyl sites for hydroxylation is 4. The Morgan fingerprint density at radius 2 is 0.790 bits per heavy atom. The van der Waals surface area contributed by atoms with Crippen molar-refractivity contribution in [3.8, 4) is 0 Å². The van der Waals surface area contributed by atoms with Crippen LogP contribution in [0.2, 0.25) is 0 Å². The molecule has 0 bridgehead atoms. The first-order valence-electron chi connectivity index (χ1n) is 35.1. The minimum absolute atomic E-state index is 0.00371. The summed E-state index contributed by atoms with van der Waals surface area (Å²) in [5.74, 6) is 6.41. The zero-order chi connectivity index (χ0) is 69.8. The molecule has 12 heterocycles. The van der Waals surface area contributed by atoms with Gasteiger partial charge in [0.05, 0.1) is 71.6 Å². The molecule has 4 aromatic heterocycles. The number of aliphatic imine (C=N–C) groups is 4. The lowest BCUT2D eigenvalue weighted by Gasteiger charge is -2.34. The van der Waals surface area contributed by atoms with E-state index in [9.17, 15) is 19.2 Å². The van der Waals surface area contributed by atoms with Gasteiger partial charge in [-0.1, -0.05) is 148 Å². The van der Waals surface area contributed by atoms with Gasteiger partial charge in [-0.05, 0) is 74.1 Å². The first kappa shape index (κ1) is 65.4. The van der Waals surface area contributed by atoms with Crippen LogP contribution >= 0.6 is 0 Å². The maximum atomic E-state index is 13.2. The van der Waals surface area contributed by atoms with E-state index in [0.717, 1.165) is 120 Å². The molecule has 4 amide bonds. The number of fused-ring (bicyclic) bond motifs is 14. The number of guanidine groups is 4. The van der Waals surface area contributed by atoms with Crippen molar-refractivity contribution in [3.63, 3.8) is 0 Å². The summed E-state index contributed by atoms with van der Waals surface area (Å²) < 4.78 is 7.41. The van der Waals surface area contributed by atoms with Crippen LogP contribution in [0.1, 0.15) is 159 Å². The average Bonchev–Trinajstić information content (AvgIpc) is 1.59. The number of hydrogen-bond acceptors (Lipinski definition) is 16. The van der Waals surface area contributed by atoms with Crippen LogP contribution in [0, 0.1) is 5.92 Å². The van der Waals surface area contributed by atoms with Crippen molar-refractivity contribution in [2.45, 2.75) is 128 Å². The van der Waals surface area contributed by atoms with E-state index in [-0.39, 0.29) is 40.7 Å². The summed E-state index contributed by atoms with van der Waals surface area (Å²) in [5.41, 5.74) is 11.2. The van der Waals surface area contributed by atoms with Crippen molar-refractivity contribution in [2.75, 3.05) is 67.4 Å². The van der Waals surface area contributed by atoms with Crippen LogP contribution in [0.5, 0.6) is 0 Å². The Kier molecular flexibility index (Phi) is 16.6. The van der Waals surface area contributed by atoms with Gasteiger partial charge in [-0.2, -0.15) is 20.4 Å². The summed E-state index contributed by atoms with van der Waals surface area (Å²) in [6, 6.07) is 41.7. The summed E-state index contributed by atoms with van der Waals surface area (Å²) in [5, 5.41) is 18.8. The molecular formula is C76H88N20O4. The fourth-order valence-electron chi connectivity index (χ4n) is 16.0. The zero-order valence-corrected chi connectivity index (χ0v) is 59.3. The van der Waals surface area contributed by atoms with E-state index in [1.807, 2.05) is 134 Å². The van der Waals surface area contributed by atoms with E-state index in [1.54, 1.807) is 33.7 Å². The van der Waals surface area contributed by atoms with Crippen LogP contribution in [0.4, 0.5) is 23.3 Å². The van der Waals surface area contributed by atoms with Crippen LogP contribution in [0.15, 0.2) is 141 Å². The van der Waals surface area contributed by atoms with Crippen LogP contribution in [0.25, 0.3) is 0 Å². The van der Waals surface area contributed by atoms with Crippen LogP contribution in [-0.4, -0.2) is 183 Å². The van der Waals surface area contributed by atoms with E-state index in [2.05, 4.69) is 106 Å². The van der Waals surface area contributed by atoms with Gasteiger partial charge in [0.25, 0.3) is 23.6 Å². The fraction of sp³-hybridized carbons (Fsp3) is 0.421. The lowest BCUT2D eigenvalue weighted by atomic mass is 9.99. The minimum Gasteiger partial charge on any atom is -0.292 e. The second kappa shape index (κ2) is 25.3. The first-order chi connectivity index (χ1) is 48.1. The first-order valence-corrected chi connectivity index (χ1v) is 35.1. The molecule has 10 aliphatic rings. The van der Waals surface area contributed by atoms with Crippen molar-refractivity contribution in [2.24, 2.45) is 54.1 Å². The highest BCUT2D eigenvalue weighted by atomic mass is 16.2. The van der Waals surface area contributed by atoms with Crippen LogP contribution in [-0.2, 0) is 53.9 Å². The van der Waals surface area contributed by atoms with E-state index in [1.165, 1.54) is 41.5 Å². The molecule has 8 aliphatic heterocycles. The maximum absolute atomic E-state index is 13.2. The normalized spacial score (nSPS) is 20.7. The van der Waals surface area contributed by atoms with Crippen molar-refractivity contribution in [1.29, 1.82) is 0 Å². The third-order valence-corrected chi connectivity index (χ3v) is 21.4. The summed E-state index contributed by atoms with van der Waals surface area (Å²) >= 11 is 0. The predicted molar refractivity (Wildman–Crippen MR) is 388 cm³/mol. The topological polar surface area (TPSA) is 215 Å². The highest BCUT2D eigenvalue weighted by molar-refractivity contribution is 6.22. The van der Waals surface area contributed by atoms with Crippen molar-refractivity contribution >= 4 is 70.7 Å². The molecule has 2 saturated carbocycles. The Labute approximate surface area is 583 Å². The molecule has 100 heavy (non-hydrogen) atoms. The summed E-state index contributed by atoms with van der Waals surface area (Å²) in [4.78, 5) is 86.7. The molecule has 0 N–H and O–H groups in total. The quantitative estimate of drug-likeness (QED) is 0.132. The molecule has 0 radical (unpaired) electrons. The number of nitrogens with zero attached hydrogens (tertiary/aromatic N) is 20. The molecule has 18 rings (SSSR count). The minimum atomic E-state index is -0.220. The van der Waals surface area contributed by atoms with Gasteiger partial charge in [-0.15, -0.1) is 0 Å². The van der Waals surface area contributed by atoms with Gasteiger partial charge in [0.15, 0.2) is 23.3 Å². The third kappa shape index (κ3) is 11.3. The standard InChI is InChI=1S/C20H23N5O.C19H21N5O.C19H23N5O.C18H21N5O/c1-23-18(26)16-15(12-14-8-4-3-5-9-14)24(2)22-17(16)25-13-20(21-19(23)25)10-6-7-11-20;1-22-18(25)16-15(11-12-7-4-3-5-8-12)23(2)21-17(16)24-14-10-6-9-13(14)20-19(22)24;1-12(2)14-11-24-17-16(18(25)22(3)19(24)20-14)15(23(4)21-17)10-13-8-6-5-7-9-13;1-18(2)11-23-15-14(16(24)21(3)17(23)19-18)13(22(4)20-15)10-12-8-6-5-7-9-12/h3-5,8-9H,6-7,10-13H2,1-2H3;3-5,7-8,13-14H,6,9-11H2,1-2H3;5-9,12,14H,10-11H2,1-4H3;5-9H,10-11H2,1-4H3/t;13-,14+;14-;/m.10./s1. The molecular weight excluding hydrogens is 1260 g/mol. The number of carbonyl (C=O) groups is 4. The monoisotopic (exact) mass is 1340 g/mol. The van der Waals surface area contributed by atoms with E-state index < -0.39 is 0 Å². The maximum Gasteiger partial charge on any atom is 0.266 e.